The maximum absolute atomic E-state index is 10.5. The predicted octanol–water partition coefficient (Wildman–Crippen LogP) is 0.450. The van der Waals surface area contributed by atoms with Crippen LogP contribution in [0.25, 0.3) is 0 Å². The summed E-state index contributed by atoms with van der Waals surface area (Å²) in [6.45, 7) is 3.60. The van der Waals surface area contributed by atoms with Crippen LogP contribution in [0.5, 0.6) is 0 Å². The van der Waals surface area contributed by atoms with Crippen LogP contribution in [-0.4, -0.2) is 35.2 Å². The number of aliphatic carboxylic acids is 1. The molecule has 12 heavy (non-hydrogen) atoms. The van der Waals surface area contributed by atoms with Crippen molar-refractivity contribution in [3.8, 4) is 0 Å². The molecule has 0 bridgehead atoms. The van der Waals surface area contributed by atoms with Crippen molar-refractivity contribution in [3.05, 3.63) is 0 Å². The Morgan fingerprint density at radius 3 is 2.50 bits per heavy atom. The summed E-state index contributed by atoms with van der Waals surface area (Å²) in [4.78, 5) is 10.5. The van der Waals surface area contributed by atoms with Gasteiger partial charge in [0.05, 0.1) is 0 Å². The van der Waals surface area contributed by atoms with Gasteiger partial charge in [-0.05, 0) is 19.8 Å². The van der Waals surface area contributed by atoms with Gasteiger partial charge in [-0.3, -0.25) is 4.79 Å². The molecular weight excluding hydrogens is 156 g/mol. The largest absolute Gasteiger partial charge is 0.480 e. The molecule has 0 aromatic carbocycles. The number of carbonyl (C=O) groups is 1. The van der Waals surface area contributed by atoms with Gasteiger partial charge >= 0.3 is 5.97 Å². The average Bonchev–Trinajstić information content (AvgIpc) is 2.06. The van der Waals surface area contributed by atoms with E-state index >= 15 is 0 Å². The number of hydrazine groups is 1. The maximum atomic E-state index is 10.5. The fourth-order valence-electron chi connectivity index (χ4n) is 1.35. The zero-order chi connectivity index (χ0) is 8.97. The lowest BCUT2D eigenvalue weighted by Gasteiger charge is -2.28. The van der Waals surface area contributed by atoms with Crippen LogP contribution in [0.4, 0.5) is 0 Å². The van der Waals surface area contributed by atoms with E-state index in [1.54, 1.807) is 6.92 Å². The normalized spacial score (nSPS) is 22.1. The fourth-order valence-corrected chi connectivity index (χ4v) is 1.35. The molecule has 4 heteroatoms. The first-order valence-electron chi connectivity index (χ1n) is 4.44. The Bertz CT molecular complexity index is 155. The second kappa shape index (κ2) is 4.42. The second-order valence-electron chi connectivity index (χ2n) is 3.24. The van der Waals surface area contributed by atoms with Gasteiger partial charge in [0.1, 0.15) is 6.04 Å². The van der Waals surface area contributed by atoms with Gasteiger partial charge in [-0.1, -0.05) is 6.42 Å². The lowest BCUT2D eigenvalue weighted by molar-refractivity contribution is -0.140. The van der Waals surface area contributed by atoms with Gasteiger partial charge in [0.15, 0.2) is 0 Å². The van der Waals surface area contributed by atoms with E-state index in [4.69, 9.17) is 5.11 Å². The number of nitrogens with zero attached hydrogens (tertiary/aromatic N) is 1. The first-order valence-corrected chi connectivity index (χ1v) is 4.44. The van der Waals surface area contributed by atoms with E-state index in [2.05, 4.69) is 5.43 Å². The zero-order valence-corrected chi connectivity index (χ0v) is 7.42. The highest BCUT2D eigenvalue weighted by atomic mass is 16.4. The fraction of sp³-hybridized carbons (Fsp3) is 0.875. The lowest BCUT2D eigenvalue weighted by atomic mass is 10.2. The summed E-state index contributed by atoms with van der Waals surface area (Å²) in [7, 11) is 0. The van der Waals surface area contributed by atoms with Crippen molar-refractivity contribution in [2.24, 2.45) is 0 Å². The third-order valence-electron chi connectivity index (χ3n) is 2.10. The van der Waals surface area contributed by atoms with Crippen LogP contribution in [0.3, 0.4) is 0 Å². The quantitative estimate of drug-likeness (QED) is 0.649. The van der Waals surface area contributed by atoms with Crippen LogP contribution in [0.1, 0.15) is 26.2 Å². The highest BCUT2D eigenvalue weighted by Gasteiger charge is 2.16. The third-order valence-corrected chi connectivity index (χ3v) is 2.10. The van der Waals surface area contributed by atoms with Gasteiger partial charge in [-0.25, -0.2) is 10.4 Å². The lowest BCUT2D eigenvalue weighted by Crippen LogP contribution is -2.49. The number of carboxylic acid groups (broad SMARTS) is 1. The Morgan fingerprint density at radius 2 is 2.00 bits per heavy atom. The minimum Gasteiger partial charge on any atom is -0.480 e. The van der Waals surface area contributed by atoms with E-state index in [0.717, 1.165) is 13.1 Å². The van der Waals surface area contributed by atoms with Crippen molar-refractivity contribution in [3.63, 3.8) is 0 Å². The minimum absolute atomic E-state index is 0.469. The Labute approximate surface area is 72.5 Å². The van der Waals surface area contributed by atoms with Gasteiger partial charge in [-0.15, -0.1) is 0 Å². The summed E-state index contributed by atoms with van der Waals surface area (Å²) in [5.41, 5.74) is 2.95. The van der Waals surface area contributed by atoms with E-state index in [0.29, 0.717) is 0 Å². The summed E-state index contributed by atoms with van der Waals surface area (Å²) in [6.07, 6.45) is 3.60. The molecule has 2 N–H and O–H groups in total. The molecule has 4 nitrogen and oxygen atoms in total. The molecule has 0 aromatic heterocycles. The Kier molecular flexibility index (Phi) is 3.49. The third kappa shape index (κ3) is 2.79. The highest BCUT2D eigenvalue weighted by molar-refractivity contribution is 5.72. The Morgan fingerprint density at radius 1 is 1.42 bits per heavy atom. The molecular formula is C8H16N2O2. The summed E-state index contributed by atoms with van der Waals surface area (Å²) < 4.78 is 0. The molecule has 0 saturated carbocycles. The topological polar surface area (TPSA) is 52.6 Å². The summed E-state index contributed by atoms with van der Waals surface area (Å²) in [5, 5.41) is 10.6. The Balaban J connectivity index is 2.24. The monoisotopic (exact) mass is 172 g/mol. The number of hydrogen-bond acceptors (Lipinski definition) is 3. The molecule has 1 rings (SSSR count). The van der Waals surface area contributed by atoms with Gasteiger partial charge in [0.25, 0.3) is 0 Å². The molecule has 1 unspecified atom stereocenters. The van der Waals surface area contributed by atoms with E-state index in [1.165, 1.54) is 19.3 Å². The molecule has 1 atom stereocenters. The van der Waals surface area contributed by atoms with Crippen molar-refractivity contribution >= 4 is 5.97 Å². The molecule has 1 saturated heterocycles. The van der Waals surface area contributed by atoms with Crippen molar-refractivity contribution in [2.45, 2.75) is 32.2 Å². The SMILES string of the molecule is CC(NN1CCCCC1)C(=O)O. The smallest absolute Gasteiger partial charge is 0.321 e. The van der Waals surface area contributed by atoms with E-state index in [-0.39, 0.29) is 0 Å². The van der Waals surface area contributed by atoms with Crippen molar-refractivity contribution in [1.82, 2.24) is 10.4 Å². The van der Waals surface area contributed by atoms with Crippen molar-refractivity contribution in [1.29, 1.82) is 0 Å². The first-order chi connectivity index (χ1) is 5.70. The highest BCUT2D eigenvalue weighted by Crippen LogP contribution is 2.06. The molecule has 1 fully saturated rings. The number of rotatable bonds is 3. The summed E-state index contributed by atoms with van der Waals surface area (Å²) >= 11 is 0. The molecule has 1 aliphatic rings. The van der Waals surface area contributed by atoms with Crippen LogP contribution in [0.2, 0.25) is 0 Å². The van der Waals surface area contributed by atoms with E-state index in [1.807, 2.05) is 5.01 Å². The number of carboxylic acids is 1. The summed E-state index contributed by atoms with van der Waals surface area (Å²) in [5.74, 6) is -0.791. The predicted molar refractivity (Wildman–Crippen MR) is 45.7 cm³/mol. The van der Waals surface area contributed by atoms with Gasteiger partial charge in [0, 0.05) is 13.1 Å². The summed E-state index contributed by atoms with van der Waals surface area (Å²) in [6, 6.07) is -0.469. The minimum atomic E-state index is -0.791. The molecule has 1 aliphatic heterocycles. The van der Waals surface area contributed by atoms with E-state index in [9.17, 15) is 4.79 Å². The van der Waals surface area contributed by atoms with Crippen molar-refractivity contribution < 1.29 is 9.90 Å². The van der Waals surface area contributed by atoms with Crippen LogP contribution in [-0.2, 0) is 4.79 Å². The average molecular weight is 172 g/mol. The van der Waals surface area contributed by atoms with Crippen LogP contribution in [0.15, 0.2) is 0 Å². The Hall–Kier alpha value is -0.610. The molecule has 70 valence electrons. The molecule has 0 aliphatic carbocycles. The molecule has 0 amide bonds. The molecule has 1 heterocycles. The van der Waals surface area contributed by atoms with Crippen LogP contribution < -0.4 is 5.43 Å². The van der Waals surface area contributed by atoms with Gasteiger partial charge in [-0.2, -0.15) is 0 Å². The van der Waals surface area contributed by atoms with Crippen LogP contribution in [0, 0.1) is 0 Å². The number of nitrogens with one attached hydrogen (secondary N) is 1. The number of piperidine rings is 1. The first kappa shape index (κ1) is 9.48. The van der Waals surface area contributed by atoms with E-state index < -0.39 is 12.0 Å². The molecule has 0 spiro atoms. The molecule has 0 aromatic rings. The maximum Gasteiger partial charge on any atom is 0.321 e. The van der Waals surface area contributed by atoms with Gasteiger partial charge in [0.2, 0.25) is 0 Å². The standard InChI is InChI=1S/C8H16N2O2/c1-7(8(11)12)9-10-5-3-2-4-6-10/h7,9H,2-6H2,1H3,(H,11,12). The van der Waals surface area contributed by atoms with Gasteiger partial charge < -0.3 is 5.11 Å². The van der Waals surface area contributed by atoms with Crippen LogP contribution >= 0.6 is 0 Å². The second-order valence-corrected chi connectivity index (χ2v) is 3.24. The molecule has 0 radical (unpaired) electrons. The zero-order valence-electron chi connectivity index (χ0n) is 7.42. The number of hydrogen-bond donors (Lipinski definition) is 2. The van der Waals surface area contributed by atoms with Crippen molar-refractivity contribution in [2.75, 3.05) is 13.1 Å².